The maximum absolute atomic E-state index is 12.3. The lowest BCUT2D eigenvalue weighted by atomic mass is 10.3. The van der Waals surface area contributed by atoms with Crippen molar-refractivity contribution < 1.29 is 4.79 Å². The highest BCUT2D eigenvalue weighted by Gasteiger charge is 2.23. The fourth-order valence-electron chi connectivity index (χ4n) is 2.94. The summed E-state index contributed by atoms with van der Waals surface area (Å²) in [7, 11) is 0. The molecule has 8 heteroatoms. The average Bonchev–Trinajstić information content (AvgIpc) is 3.35. The molecule has 2 aromatic heterocycles. The van der Waals surface area contributed by atoms with E-state index in [1.807, 2.05) is 22.4 Å². The molecule has 26 heavy (non-hydrogen) atoms. The first-order chi connectivity index (χ1) is 12.7. The summed E-state index contributed by atoms with van der Waals surface area (Å²) in [5, 5.41) is 6.09. The minimum Gasteiger partial charge on any atom is -0.345 e. The summed E-state index contributed by atoms with van der Waals surface area (Å²) in [4.78, 5) is 23.7. The molecule has 1 aromatic carbocycles. The van der Waals surface area contributed by atoms with Crippen LogP contribution in [0, 0.1) is 0 Å². The van der Waals surface area contributed by atoms with Crippen LogP contribution in [-0.4, -0.2) is 48.3 Å². The van der Waals surface area contributed by atoms with Gasteiger partial charge < -0.3 is 15.1 Å². The van der Waals surface area contributed by atoms with Crippen LogP contribution >= 0.6 is 34.4 Å². The number of thiazole rings is 1. The highest BCUT2D eigenvalue weighted by molar-refractivity contribution is 7.98. The number of thiophene rings is 1. The van der Waals surface area contributed by atoms with Gasteiger partial charge in [0, 0.05) is 36.0 Å². The van der Waals surface area contributed by atoms with Crippen molar-refractivity contribution in [3.05, 3.63) is 40.6 Å². The largest absolute Gasteiger partial charge is 0.345 e. The number of amides is 2. The van der Waals surface area contributed by atoms with Crippen molar-refractivity contribution in [2.24, 2.45) is 0 Å². The van der Waals surface area contributed by atoms with E-state index < -0.39 is 0 Å². The molecule has 3 aromatic rings. The molecule has 136 valence electrons. The van der Waals surface area contributed by atoms with Crippen LogP contribution in [-0.2, 0) is 6.54 Å². The Morgan fingerprint density at radius 3 is 2.85 bits per heavy atom. The zero-order valence-corrected chi connectivity index (χ0v) is 16.9. The van der Waals surface area contributed by atoms with Gasteiger partial charge in [-0.05, 0) is 35.9 Å². The number of benzene rings is 1. The Balaban J connectivity index is 1.35. The van der Waals surface area contributed by atoms with Crippen LogP contribution in [0.3, 0.4) is 0 Å². The number of piperazine rings is 1. The molecule has 0 bridgehead atoms. The smallest absolute Gasteiger partial charge is 0.317 e. The fraction of sp³-hybridized carbons (Fsp3) is 0.333. The van der Waals surface area contributed by atoms with Gasteiger partial charge in [0.05, 0.1) is 16.8 Å². The van der Waals surface area contributed by atoms with E-state index in [1.165, 1.54) is 14.5 Å². The Morgan fingerprint density at radius 1 is 1.27 bits per heavy atom. The average molecular weight is 405 g/mol. The molecule has 1 aliphatic heterocycles. The monoisotopic (exact) mass is 404 g/mol. The van der Waals surface area contributed by atoms with Gasteiger partial charge in [-0.25, -0.2) is 9.78 Å². The molecule has 4 rings (SSSR count). The van der Waals surface area contributed by atoms with Gasteiger partial charge >= 0.3 is 6.03 Å². The van der Waals surface area contributed by atoms with E-state index in [-0.39, 0.29) is 6.03 Å². The molecular formula is C18H20N4OS3. The highest BCUT2D eigenvalue weighted by atomic mass is 32.2. The van der Waals surface area contributed by atoms with Gasteiger partial charge in [0.1, 0.15) is 0 Å². The van der Waals surface area contributed by atoms with E-state index in [0.29, 0.717) is 6.54 Å². The Morgan fingerprint density at radius 2 is 2.12 bits per heavy atom. The molecule has 1 aliphatic rings. The Hall–Kier alpha value is -1.77. The summed E-state index contributed by atoms with van der Waals surface area (Å²) in [5.41, 5.74) is 1.05. The minimum atomic E-state index is 0.0203. The van der Waals surface area contributed by atoms with Crippen LogP contribution in [0.15, 0.2) is 40.6 Å². The van der Waals surface area contributed by atoms with Gasteiger partial charge in [0.15, 0.2) is 5.13 Å². The summed E-state index contributed by atoms with van der Waals surface area (Å²) >= 11 is 5.15. The standard InChI is InChI=1S/C18H20N4OS3/c1-24-13-4-5-15-16(11-13)26-18(20-15)22-8-6-21(7-9-22)17(23)19-12-14-3-2-10-25-14/h2-5,10-11H,6-9,12H2,1H3,(H,19,23). The van der Waals surface area contributed by atoms with Crippen molar-refractivity contribution in [2.75, 3.05) is 37.3 Å². The zero-order chi connectivity index (χ0) is 17.9. The summed E-state index contributed by atoms with van der Waals surface area (Å²) in [5.74, 6) is 0. The van der Waals surface area contributed by atoms with E-state index in [9.17, 15) is 4.79 Å². The molecule has 5 nitrogen and oxygen atoms in total. The number of rotatable bonds is 4. The molecule has 0 spiro atoms. The van der Waals surface area contributed by atoms with Crippen LogP contribution < -0.4 is 10.2 Å². The molecule has 2 amide bonds. The summed E-state index contributed by atoms with van der Waals surface area (Å²) in [6.07, 6.45) is 2.09. The first-order valence-corrected chi connectivity index (χ1v) is 11.4. The van der Waals surface area contributed by atoms with E-state index >= 15 is 0 Å². The first kappa shape index (κ1) is 17.6. The third kappa shape index (κ3) is 3.82. The molecule has 1 N–H and O–H groups in total. The quantitative estimate of drug-likeness (QED) is 0.665. The Kier molecular flexibility index (Phi) is 5.33. The van der Waals surface area contributed by atoms with Gasteiger partial charge in [-0.15, -0.1) is 23.1 Å². The third-order valence-corrected chi connectivity index (χ3v) is 7.10. The van der Waals surface area contributed by atoms with Crippen molar-refractivity contribution in [3.63, 3.8) is 0 Å². The fourth-order valence-corrected chi connectivity index (χ4v) is 5.16. The Labute approximate surface area is 165 Å². The topological polar surface area (TPSA) is 48.5 Å². The van der Waals surface area contributed by atoms with Gasteiger partial charge in [0.2, 0.25) is 0 Å². The predicted octanol–water partition coefficient (Wildman–Crippen LogP) is 4.11. The number of carbonyl (C=O) groups is 1. The van der Waals surface area contributed by atoms with E-state index in [0.717, 1.165) is 36.8 Å². The second-order valence-electron chi connectivity index (χ2n) is 6.04. The molecule has 0 saturated carbocycles. The number of thioether (sulfide) groups is 1. The van der Waals surface area contributed by atoms with Gasteiger partial charge in [0.25, 0.3) is 0 Å². The molecule has 1 saturated heterocycles. The summed E-state index contributed by atoms with van der Waals surface area (Å²) < 4.78 is 1.22. The molecule has 0 radical (unpaired) electrons. The second kappa shape index (κ2) is 7.85. The van der Waals surface area contributed by atoms with E-state index in [4.69, 9.17) is 4.98 Å². The predicted molar refractivity (Wildman–Crippen MR) is 112 cm³/mol. The number of aromatic nitrogens is 1. The van der Waals surface area contributed by atoms with Crippen molar-refractivity contribution >= 4 is 55.8 Å². The summed E-state index contributed by atoms with van der Waals surface area (Å²) in [6.45, 7) is 3.69. The van der Waals surface area contributed by atoms with Crippen molar-refractivity contribution in [3.8, 4) is 0 Å². The molecule has 0 aliphatic carbocycles. The summed E-state index contributed by atoms with van der Waals surface area (Å²) in [6, 6.07) is 10.5. The normalized spacial score (nSPS) is 14.8. The SMILES string of the molecule is CSc1ccc2nc(N3CCN(C(=O)NCc4cccs4)CC3)sc2c1. The number of urea groups is 1. The molecule has 3 heterocycles. The second-order valence-corrected chi connectivity index (χ2v) is 8.96. The molecule has 0 unspecified atom stereocenters. The maximum atomic E-state index is 12.3. The number of nitrogens with one attached hydrogen (secondary N) is 1. The van der Waals surface area contributed by atoms with Gasteiger partial charge in [-0.1, -0.05) is 17.4 Å². The Bertz CT molecular complexity index is 885. The van der Waals surface area contributed by atoms with Crippen LogP contribution in [0.2, 0.25) is 0 Å². The zero-order valence-electron chi connectivity index (χ0n) is 14.5. The third-order valence-electron chi connectivity index (χ3n) is 4.42. The minimum absolute atomic E-state index is 0.0203. The van der Waals surface area contributed by atoms with Crippen molar-refractivity contribution in [1.29, 1.82) is 0 Å². The highest BCUT2D eigenvalue weighted by Crippen LogP contribution is 2.31. The first-order valence-electron chi connectivity index (χ1n) is 8.47. The number of nitrogens with zero attached hydrogens (tertiary/aromatic N) is 3. The van der Waals surface area contributed by atoms with Gasteiger partial charge in [-0.2, -0.15) is 0 Å². The maximum Gasteiger partial charge on any atom is 0.317 e. The number of hydrogen-bond donors (Lipinski definition) is 1. The van der Waals surface area contributed by atoms with Crippen LogP contribution in [0.5, 0.6) is 0 Å². The van der Waals surface area contributed by atoms with Crippen LogP contribution in [0.25, 0.3) is 10.2 Å². The number of hydrogen-bond acceptors (Lipinski definition) is 6. The molecule has 1 fully saturated rings. The van der Waals surface area contributed by atoms with Crippen LogP contribution in [0.1, 0.15) is 4.88 Å². The molecule has 0 atom stereocenters. The van der Waals surface area contributed by atoms with E-state index in [1.54, 1.807) is 34.4 Å². The lowest BCUT2D eigenvalue weighted by Crippen LogP contribution is -2.51. The van der Waals surface area contributed by atoms with Crippen molar-refractivity contribution in [2.45, 2.75) is 11.4 Å². The van der Waals surface area contributed by atoms with Gasteiger partial charge in [-0.3, -0.25) is 0 Å². The number of carbonyl (C=O) groups excluding carboxylic acids is 1. The van der Waals surface area contributed by atoms with Crippen molar-refractivity contribution in [1.82, 2.24) is 15.2 Å². The number of anilines is 1. The lowest BCUT2D eigenvalue weighted by molar-refractivity contribution is 0.194. The van der Waals surface area contributed by atoms with E-state index in [2.05, 4.69) is 34.7 Å². The number of fused-ring (bicyclic) bond motifs is 1. The lowest BCUT2D eigenvalue weighted by Gasteiger charge is -2.34. The van der Waals surface area contributed by atoms with Crippen LogP contribution in [0.4, 0.5) is 9.93 Å². The molecular weight excluding hydrogens is 384 g/mol.